The highest BCUT2D eigenvalue weighted by Gasteiger charge is 2.19. The van der Waals surface area contributed by atoms with Crippen LogP contribution < -0.4 is 10.1 Å². The maximum atomic E-state index is 12.1. The van der Waals surface area contributed by atoms with E-state index in [2.05, 4.69) is 5.32 Å². The quantitative estimate of drug-likeness (QED) is 0.678. The number of hydrogen-bond acceptors (Lipinski definition) is 3. The van der Waals surface area contributed by atoms with Crippen molar-refractivity contribution in [3.05, 3.63) is 71.8 Å². The van der Waals surface area contributed by atoms with Crippen LogP contribution in [0.15, 0.2) is 60.7 Å². The Morgan fingerprint density at radius 3 is 2.50 bits per heavy atom. The van der Waals surface area contributed by atoms with Gasteiger partial charge in [-0.1, -0.05) is 55.5 Å². The third kappa shape index (κ3) is 6.09. The summed E-state index contributed by atoms with van der Waals surface area (Å²) >= 11 is 0. The average molecular weight is 353 g/mol. The minimum absolute atomic E-state index is 0.228. The molecule has 0 aliphatic rings. The highest BCUT2D eigenvalue weighted by Crippen LogP contribution is 2.19. The van der Waals surface area contributed by atoms with E-state index in [9.17, 15) is 14.7 Å². The van der Waals surface area contributed by atoms with Gasteiger partial charge in [0.2, 0.25) is 5.91 Å². The molecule has 0 aromatic heterocycles. The van der Waals surface area contributed by atoms with Crippen molar-refractivity contribution in [1.29, 1.82) is 0 Å². The van der Waals surface area contributed by atoms with Crippen LogP contribution in [0.5, 0.6) is 5.75 Å². The number of carboxylic acid groups (broad SMARTS) is 1. The summed E-state index contributed by atoms with van der Waals surface area (Å²) in [6.07, 6.45) is 4.07. The monoisotopic (exact) mass is 353 g/mol. The number of benzene rings is 2. The summed E-state index contributed by atoms with van der Waals surface area (Å²) in [5.41, 5.74) is 1.62. The number of nitrogens with one attached hydrogen (secondary N) is 1. The molecule has 136 valence electrons. The van der Waals surface area contributed by atoms with E-state index in [0.717, 1.165) is 17.5 Å². The van der Waals surface area contributed by atoms with Crippen LogP contribution in [0.3, 0.4) is 0 Å². The average Bonchev–Trinajstić information content (AvgIpc) is 2.65. The minimum atomic E-state index is -1.07. The van der Waals surface area contributed by atoms with Crippen LogP contribution >= 0.6 is 0 Å². The van der Waals surface area contributed by atoms with Gasteiger partial charge in [-0.3, -0.25) is 4.79 Å². The molecule has 0 saturated carbocycles. The van der Waals surface area contributed by atoms with Crippen LogP contribution in [0.4, 0.5) is 0 Å². The lowest BCUT2D eigenvalue weighted by Gasteiger charge is -2.13. The molecule has 0 saturated heterocycles. The molecule has 0 spiro atoms. The minimum Gasteiger partial charge on any atom is -0.493 e. The Kier molecular flexibility index (Phi) is 7.43. The first-order valence-corrected chi connectivity index (χ1v) is 8.57. The SMILES string of the molecule is CCCOc1ccccc1/C=C/C(=O)N[C@@H](Cc1ccccc1)C(=O)O. The summed E-state index contributed by atoms with van der Waals surface area (Å²) in [6, 6.07) is 15.6. The van der Waals surface area contributed by atoms with Crippen molar-refractivity contribution in [2.75, 3.05) is 6.61 Å². The van der Waals surface area contributed by atoms with E-state index in [1.54, 1.807) is 6.08 Å². The number of carbonyl (C=O) groups is 2. The lowest BCUT2D eigenvalue weighted by molar-refractivity contribution is -0.141. The van der Waals surface area contributed by atoms with Gasteiger partial charge in [0.05, 0.1) is 6.61 Å². The van der Waals surface area contributed by atoms with Gasteiger partial charge in [-0.15, -0.1) is 0 Å². The van der Waals surface area contributed by atoms with Crippen LogP contribution in [0.1, 0.15) is 24.5 Å². The van der Waals surface area contributed by atoms with Gasteiger partial charge in [-0.05, 0) is 24.1 Å². The molecule has 2 rings (SSSR count). The Labute approximate surface area is 153 Å². The highest BCUT2D eigenvalue weighted by molar-refractivity contribution is 5.94. The first-order chi connectivity index (χ1) is 12.6. The molecule has 0 fully saturated rings. The van der Waals surface area contributed by atoms with Crippen molar-refractivity contribution < 1.29 is 19.4 Å². The molecule has 2 aromatic rings. The molecule has 0 unspecified atom stereocenters. The summed E-state index contributed by atoms with van der Waals surface area (Å²) in [7, 11) is 0. The third-order valence-corrected chi connectivity index (χ3v) is 3.69. The second-order valence-electron chi connectivity index (χ2n) is 5.81. The molecule has 0 bridgehead atoms. The number of carbonyl (C=O) groups excluding carboxylic acids is 1. The zero-order valence-corrected chi connectivity index (χ0v) is 14.7. The lowest BCUT2D eigenvalue weighted by Crippen LogP contribution is -2.41. The maximum absolute atomic E-state index is 12.1. The molecule has 5 heteroatoms. The van der Waals surface area contributed by atoms with Gasteiger partial charge in [0.25, 0.3) is 0 Å². The fourth-order valence-electron chi connectivity index (χ4n) is 2.40. The molecule has 2 N–H and O–H groups in total. The van der Waals surface area contributed by atoms with E-state index in [1.165, 1.54) is 6.08 Å². The highest BCUT2D eigenvalue weighted by atomic mass is 16.5. The van der Waals surface area contributed by atoms with Crippen LogP contribution in [-0.2, 0) is 16.0 Å². The Bertz CT molecular complexity index is 756. The van der Waals surface area contributed by atoms with E-state index in [4.69, 9.17) is 4.74 Å². The summed E-state index contributed by atoms with van der Waals surface area (Å²) in [6.45, 7) is 2.61. The van der Waals surface area contributed by atoms with Gasteiger partial charge >= 0.3 is 5.97 Å². The van der Waals surface area contributed by atoms with Crippen LogP contribution in [0.2, 0.25) is 0 Å². The molecule has 0 aliphatic heterocycles. The van der Waals surface area contributed by atoms with Crippen molar-refractivity contribution in [3.63, 3.8) is 0 Å². The third-order valence-electron chi connectivity index (χ3n) is 3.69. The van der Waals surface area contributed by atoms with E-state index in [-0.39, 0.29) is 6.42 Å². The number of para-hydroxylation sites is 1. The second kappa shape index (κ2) is 10.0. The Morgan fingerprint density at radius 1 is 1.12 bits per heavy atom. The van der Waals surface area contributed by atoms with Gasteiger partial charge < -0.3 is 15.2 Å². The molecule has 0 aliphatic carbocycles. The smallest absolute Gasteiger partial charge is 0.326 e. The zero-order chi connectivity index (χ0) is 18.8. The summed E-state index contributed by atoms with van der Waals surface area (Å²) < 4.78 is 5.64. The normalized spacial score (nSPS) is 11.9. The number of hydrogen-bond donors (Lipinski definition) is 2. The summed E-state index contributed by atoms with van der Waals surface area (Å²) in [4.78, 5) is 23.6. The molecular weight excluding hydrogens is 330 g/mol. The first kappa shape index (κ1) is 19.2. The Hall–Kier alpha value is -3.08. The fraction of sp³-hybridized carbons (Fsp3) is 0.238. The molecule has 0 radical (unpaired) electrons. The molecule has 2 aromatic carbocycles. The molecular formula is C21H23NO4. The van der Waals surface area contributed by atoms with Crippen molar-refractivity contribution in [1.82, 2.24) is 5.32 Å². The zero-order valence-electron chi connectivity index (χ0n) is 14.7. The Morgan fingerprint density at radius 2 is 1.81 bits per heavy atom. The lowest BCUT2D eigenvalue weighted by atomic mass is 10.1. The molecule has 1 amide bonds. The van der Waals surface area contributed by atoms with Gasteiger partial charge in [0.1, 0.15) is 11.8 Å². The standard InChI is InChI=1S/C21H23NO4/c1-2-14-26-19-11-7-6-10-17(19)12-13-20(23)22-18(21(24)25)15-16-8-4-3-5-9-16/h3-13,18H,2,14-15H2,1H3,(H,22,23)(H,24,25)/b13-12+/t18-/m0/s1. The predicted octanol–water partition coefficient (Wildman–Crippen LogP) is 3.30. The van der Waals surface area contributed by atoms with Crippen LogP contribution in [0, 0.1) is 0 Å². The number of rotatable bonds is 9. The summed E-state index contributed by atoms with van der Waals surface area (Å²) in [5, 5.41) is 11.9. The predicted molar refractivity (Wildman–Crippen MR) is 101 cm³/mol. The van der Waals surface area contributed by atoms with Crippen molar-refractivity contribution in [3.8, 4) is 5.75 Å². The molecule has 26 heavy (non-hydrogen) atoms. The molecule has 1 atom stereocenters. The van der Waals surface area contributed by atoms with Gasteiger partial charge in [0, 0.05) is 18.1 Å². The van der Waals surface area contributed by atoms with Crippen LogP contribution in [-0.4, -0.2) is 29.6 Å². The number of amides is 1. The second-order valence-corrected chi connectivity index (χ2v) is 5.81. The van der Waals surface area contributed by atoms with Crippen molar-refractivity contribution in [2.24, 2.45) is 0 Å². The maximum Gasteiger partial charge on any atom is 0.326 e. The van der Waals surface area contributed by atoms with Crippen molar-refractivity contribution >= 4 is 18.0 Å². The largest absolute Gasteiger partial charge is 0.493 e. The Balaban J connectivity index is 2.02. The van der Waals surface area contributed by atoms with Crippen LogP contribution in [0.25, 0.3) is 6.08 Å². The fourth-order valence-corrected chi connectivity index (χ4v) is 2.40. The van der Waals surface area contributed by atoms with E-state index < -0.39 is 17.9 Å². The first-order valence-electron chi connectivity index (χ1n) is 8.57. The van der Waals surface area contributed by atoms with E-state index >= 15 is 0 Å². The van der Waals surface area contributed by atoms with E-state index in [1.807, 2.05) is 61.5 Å². The van der Waals surface area contributed by atoms with Gasteiger partial charge in [-0.25, -0.2) is 4.79 Å². The van der Waals surface area contributed by atoms with Gasteiger partial charge in [-0.2, -0.15) is 0 Å². The summed E-state index contributed by atoms with van der Waals surface area (Å²) in [5.74, 6) is -0.835. The van der Waals surface area contributed by atoms with Gasteiger partial charge in [0.15, 0.2) is 0 Å². The number of carboxylic acids is 1. The van der Waals surface area contributed by atoms with Crippen molar-refractivity contribution in [2.45, 2.75) is 25.8 Å². The molecule has 0 heterocycles. The topological polar surface area (TPSA) is 75.6 Å². The number of aliphatic carboxylic acids is 1. The van der Waals surface area contributed by atoms with E-state index in [0.29, 0.717) is 12.4 Å². The molecule has 5 nitrogen and oxygen atoms in total. The number of ether oxygens (including phenoxy) is 1.